The van der Waals surface area contributed by atoms with E-state index in [-0.39, 0.29) is 0 Å². The summed E-state index contributed by atoms with van der Waals surface area (Å²) in [5.41, 5.74) is 5.13. The van der Waals surface area contributed by atoms with Crippen LogP contribution >= 0.6 is 11.3 Å². The Kier molecular flexibility index (Phi) is 4.15. The largest absolute Gasteiger partial charge is 0.135 e. The summed E-state index contributed by atoms with van der Waals surface area (Å²) in [6.45, 7) is 0. The van der Waals surface area contributed by atoms with E-state index in [1.807, 2.05) is 11.3 Å². The van der Waals surface area contributed by atoms with Gasteiger partial charge in [-0.05, 0) is 106 Å². The van der Waals surface area contributed by atoms with E-state index in [0.717, 1.165) is 0 Å². The molecule has 0 saturated heterocycles. The molecule has 1 heterocycles. The molecule has 0 fully saturated rings. The summed E-state index contributed by atoms with van der Waals surface area (Å²) in [4.78, 5) is 0. The first-order valence-electron chi connectivity index (χ1n) is 14.2. The lowest BCUT2D eigenvalue weighted by atomic mass is 9.89. The second kappa shape index (κ2) is 7.81. The second-order valence-corrected chi connectivity index (χ2v) is 12.4. The Morgan fingerprint density at radius 2 is 0.902 bits per heavy atom. The molecule has 0 spiro atoms. The van der Waals surface area contributed by atoms with Crippen LogP contribution in [-0.4, -0.2) is 0 Å². The summed E-state index contributed by atoms with van der Waals surface area (Å²) >= 11 is 1.90. The predicted molar refractivity (Wildman–Crippen MR) is 180 cm³/mol. The SMILES string of the molecule is c1cc2ccc3ccc(-c4ccc5ccc(-c6cc7cccc8sc9cccc6c9c78)cc5c4)c4ccc(c1)c2c34. The average molecular weight is 535 g/mol. The Bertz CT molecular complexity index is 2620. The van der Waals surface area contributed by atoms with E-state index in [1.54, 1.807) is 0 Å². The van der Waals surface area contributed by atoms with Gasteiger partial charge < -0.3 is 0 Å². The molecule has 0 aliphatic carbocycles. The van der Waals surface area contributed by atoms with Crippen molar-refractivity contribution in [2.45, 2.75) is 0 Å². The molecule has 10 rings (SSSR count). The Hall–Kier alpha value is -4.98. The van der Waals surface area contributed by atoms with E-state index in [9.17, 15) is 0 Å². The zero-order chi connectivity index (χ0) is 26.7. The molecule has 0 amide bonds. The lowest BCUT2D eigenvalue weighted by Gasteiger charge is -2.15. The highest BCUT2D eigenvalue weighted by atomic mass is 32.1. The zero-order valence-electron chi connectivity index (χ0n) is 22.1. The summed E-state index contributed by atoms with van der Waals surface area (Å²) < 4.78 is 2.74. The standard InChI is InChI=1S/C40H22S/c1-4-24-12-13-26-16-18-31(33-19-17-25(5-1)37(24)38(26)33)27-14-10-23-11-15-28(21-30(23)20-27)34-22-29-6-2-8-35-39(29)40-32(34)7-3-9-36(40)41-35/h1-22H. The maximum Gasteiger partial charge on any atom is 0.0361 e. The van der Waals surface area contributed by atoms with E-state index < -0.39 is 0 Å². The first-order valence-corrected chi connectivity index (χ1v) is 15.0. The van der Waals surface area contributed by atoms with Crippen molar-refractivity contribution in [3.8, 4) is 22.3 Å². The molecule has 0 nitrogen and oxygen atoms in total. The third-order valence-corrected chi connectivity index (χ3v) is 10.3. The van der Waals surface area contributed by atoms with Crippen LogP contribution < -0.4 is 0 Å². The van der Waals surface area contributed by atoms with Crippen LogP contribution in [0.4, 0.5) is 0 Å². The topological polar surface area (TPSA) is 0 Å². The number of thiophene rings is 1. The quantitative estimate of drug-likeness (QED) is 0.193. The molecule has 0 aliphatic heterocycles. The maximum absolute atomic E-state index is 2.39. The van der Waals surface area contributed by atoms with Gasteiger partial charge in [0.1, 0.15) is 0 Å². The predicted octanol–water partition coefficient (Wildman–Crippen LogP) is 12.0. The highest BCUT2D eigenvalue weighted by Gasteiger charge is 2.16. The summed E-state index contributed by atoms with van der Waals surface area (Å²) in [7, 11) is 0. The van der Waals surface area contributed by atoms with Crippen LogP contribution in [0.2, 0.25) is 0 Å². The molecule has 1 aromatic heterocycles. The van der Waals surface area contributed by atoms with Gasteiger partial charge in [-0.15, -0.1) is 11.3 Å². The fourth-order valence-electron chi connectivity index (χ4n) is 7.28. The van der Waals surface area contributed by atoms with Crippen molar-refractivity contribution >= 4 is 85.4 Å². The Morgan fingerprint density at radius 3 is 1.73 bits per heavy atom. The van der Waals surface area contributed by atoms with Crippen LogP contribution in [0, 0.1) is 0 Å². The van der Waals surface area contributed by atoms with Gasteiger partial charge in [0.05, 0.1) is 0 Å². The van der Waals surface area contributed by atoms with Crippen molar-refractivity contribution in [1.82, 2.24) is 0 Å². The number of rotatable bonds is 2. The van der Waals surface area contributed by atoms with Crippen molar-refractivity contribution in [2.75, 3.05) is 0 Å². The van der Waals surface area contributed by atoms with Crippen LogP contribution in [0.1, 0.15) is 0 Å². The van der Waals surface area contributed by atoms with Gasteiger partial charge in [-0.1, -0.05) is 103 Å². The Morgan fingerprint density at radius 1 is 0.317 bits per heavy atom. The monoisotopic (exact) mass is 534 g/mol. The molecular formula is C40H22S. The van der Waals surface area contributed by atoms with Gasteiger partial charge in [-0.2, -0.15) is 0 Å². The van der Waals surface area contributed by atoms with E-state index in [2.05, 4.69) is 133 Å². The molecule has 0 aliphatic rings. The molecule has 1 heteroatoms. The fraction of sp³-hybridized carbons (Fsp3) is 0. The molecule has 10 aromatic rings. The lowest BCUT2D eigenvalue weighted by molar-refractivity contribution is 1.68. The summed E-state index contributed by atoms with van der Waals surface area (Å²) in [6, 6.07) is 50.1. The molecule has 0 atom stereocenters. The van der Waals surface area contributed by atoms with Gasteiger partial charge >= 0.3 is 0 Å². The van der Waals surface area contributed by atoms with E-state index in [0.29, 0.717) is 0 Å². The molecule has 0 radical (unpaired) electrons. The second-order valence-electron chi connectivity index (χ2n) is 11.3. The van der Waals surface area contributed by atoms with Gasteiger partial charge in [0.25, 0.3) is 0 Å². The number of hydrogen-bond donors (Lipinski definition) is 0. The lowest BCUT2D eigenvalue weighted by Crippen LogP contribution is -1.88. The van der Waals surface area contributed by atoms with E-state index in [4.69, 9.17) is 0 Å². The van der Waals surface area contributed by atoms with Crippen molar-refractivity contribution in [3.05, 3.63) is 133 Å². The fourth-order valence-corrected chi connectivity index (χ4v) is 8.45. The molecule has 188 valence electrons. The van der Waals surface area contributed by atoms with Gasteiger partial charge in [0.2, 0.25) is 0 Å². The van der Waals surface area contributed by atoms with Crippen LogP contribution in [-0.2, 0) is 0 Å². The molecule has 0 saturated carbocycles. The number of benzene rings is 9. The molecule has 9 aromatic carbocycles. The molecule has 0 N–H and O–H groups in total. The van der Waals surface area contributed by atoms with Crippen molar-refractivity contribution in [1.29, 1.82) is 0 Å². The maximum atomic E-state index is 2.39. The minimum atomic E-state index is 1.26. The van der Waals surface area contributed by atoms with Gasteiger partial charge in [-0.25, -0.2) is 0 Å². The minimum Gasteiger partial charge on any atom is -0.135 e. The average Bonchev–Trinajstić information content (AvgIpc) is 3.42. The van der Waals surface area contributed by atoms with Crippen LogP contribution in [0.5, 0.6) is 0 Å². The van der Waals surface area contributed by atoms with Gasteiger partial charge in [-0.3, -0.25) is 0 Å². The van der Waals surface area contributed by atoms with Crippen molar-refractivity contribution < 1.29 is 0 Å². The number of hydrogen-bond acceptors (Lipinski definition) is 1. The third kappa shape index (κ3) is 2.94. The highest BCUT2D eigenvalue weighted by molar-refractivity contribution is 7.26. The molecular weight excluding hydrogens is 513 g/mol. The molecule has 0 bridgehead atoms. The summed E-state index contributed by atoms with van der Waals surface area (Å²) in [5.74, 6) is 0. The zero-order valence-corrected chi connectivity index (χ0v) is 22.9. The van der Waals surface area contributed by atoms with E-state index >= 15 is 0 Å². The smallest absolute Gasteiger partial charge is 0.0361 e. The molecule has 0 unspecified atom stereocenters. The number of fused-ring (bicyclic) bond motifs is 1. The van der Waals surface area contributed by atoms with Crippen LogP contribution in [0.25, 0.3) is 96.3 Å². The summed E-state index contributed by atoms with van der Waals surface area (Å²) in [5, 5.41) is 16.0. The van der Waals surface area contributed by atoms with Crippen LogP contribution in [0.3, 0.4) is 0 Å². The summed E-state index contributed by atoms with van der Waals surface area (Å²) in [6.07, 6.45) is 0. The van der Waals surface area contributed by atoms with E-state index in [1.165, 1.54) is 96.3 Å². The highest BCUT2D eigenvalue weighted by Crippen LogP contribution is 2.45. The Balaban J connectivity index is 1.21. The van der Waals surface area contributed by atoms with Gasteiger partial charge in [0, 0.05) is 20.2 Å². The van der Waals surface area contributed by atoms with Crippen molar-refractivity contribution in [3.63, 3.8) is 0 Å². The molecule has 41 heavy (non-hydrogen) atoms. The Labute approximate surface area is 240 Å². The third-order valence-electron chi connectivity index (χ3n) is 9.14. The van der Waals surface area contributed by atoms with Crippen molar-refractivity contribution in [2.24, 2.45) is 0 Å². The normalized spacial score (nSPS) is 12.4. The first kappa shape index (κ1) is 21.8. The van der Waals surface area contributed by atoms with Gasteiger partial charge in [0.15, 0.2) is 0 Å². The van der Waals surface area contributed by atoms with Crippen LogP contribution in [0.15, 0.2) is 133 Å². The first-order chi connectivity index (χ1) is 20.3. The minimum absolute atomic E-state index is 1.26.